The third-order valence-electron chi connectivity index (χ3n) is 13.8. The van der Waals surface area contributed by atoms with E-state index in [1.165, 1.54) is 18.5 Å². The molecule has 0 radical (unpaired) electrons. The number of carbonyl (C=O) groups is 4. The first-order valence-electron chi connectivity index (χ1n) is 24.0. The highest BCUT2D eigenvalue weighted by atomic mass is 19.1. The molecule has 10 rings (SSSR count). The van der Waals surface area contributed by atoms with Gasteiger partial charge in [0.2, 0.25) is 11.8 Å². The SMILES string of the molecule is CC(C)(C)n1nc(-c2nnn(C3CC3)c2-c2ncc(N3CCN(C(=O)OCC(=O)N4CCC(CN5CCN(c6c(F)cc(NC7CCC(=O)NC7=O)cc6F)CC5)CC4)CC3)cn2)c2c(N)ncnc21. The molecule has 5 aliphatic rings. The van der Waals surface area contributed by atoms with Gasteiger partial charge in [0.25, 0.3) is 5.91 Å². The van der Waals surface area contributed by atoms with Gasteiger partial charge in [-0.25, -0.2) is 42.9 Å². The van der Waals surface area contributed by atoms with Gasteiger partial charge in [0.15, 0.2) is 29.7 Å². The van der Waals surface area contributed by atoms with E-state index in [0.29, 0.717) is 111 Å². The van der Waals surface area contributed by atoms with Crippen LogP contribution in [0.15, 0.2) is 30.9 Å². The molecule has 1 saturated carbocycles. The Morgan fingerprint density at radius 2 is 1.53 bits per heavy atom. The van der Waals surface area contributed by atoms with Crippen molar-refractivity contribution in [2.75, 3.05) is 99.4 Å². The van der Waals surface area contributed by atoms with Gasteiger partial charge in [0.05, 0.1) is 35.0 Å². The molecule has 0 bridgehead atoms. The van der Waals surface area contributed by atoms with Crippen LogP contribution in [0.4, 0.5) is 36.5 Å². The van der Waals surface area contributed by atoms with Crippen LogP contribution >= 0.6 is 0 Å². The minimum absolute atomic E-state index is 0.0958. The number of benzene rings is 1. The molecule has 8 heterocycles. The summed E-state index contributed by atoms with van der Waals surface area (Å²) in [6.07, 6.45) is 8.33. The van der Waals surface area contributed by atoms with Crippen LogP contribution in [0.1, 0.15) is 65.3 Å². The van der Waals surface area contributed by atoms with Crippen molar-refractivity contribution < 1.29 is 32.7 Å². The Labute approximate surface area is 401 Å². The van der Waals surface area contributed by atoms with Crippen molar-refractivity contribution in [3.63, 3.8) is 0 Å². The summed E-state index contributed by atoms with van der Waals surface area (Å²) in [7, 11) is 0. The van der Waals surface area contributed by atoms with Crippen LogP contribution in [0.2, 0.25) is 0 Å². The van der Waals surface area contributed by atoms with E-state index in [9.17, 15) is 19.2 Å². The minimum atomic E-state index is -0.746. The zero-order chi connectivity index (χ0) is 48.8. The highest BCUT2D eigenvalue weighted by molar-refractivity contribution is 6.01. The standard InChI is InChI=1S/C46H57F2N17O5/c1-46(2,3)65-43-36(41(49)52-26-53-43)37(57-65)38-40(64(58-56-38)29-4-5-29)42-50-22-30(23-51-42)60-16-18-63(19-17-60)45(69)70-25-35(67)61-10-8-27(9-11-61)24-59-12-14-62(15-13-59)39-31(47)20-28(21-32(39)48)54-33-6-7-34(66)55-44(33)68/h20-23,26-27,29,33,54H,4-19,24-25H2,1-3H3,(H2,49,52,53)(H,55,66,68). The fourth-order valence-electron chi connectivity index (χ4n) is 9.77. The topological polar surface area (TPSA) is 244 Å². The summed E-state index contributed by atoms with van der Waals surface area (Å²) in [4.78, 5) is 77.6. The van der Waals surface area contributed by atoms with Crippen molar-refractivity contribution in [1.82, 2.24) is 64.7 Å². The Kier molecular flexibility index (Phi) is 12.7. The Balaban J connectivity index is 0.666. The van der Waals surface area contributed by atoms with Crippen molar-refractivity contribution in [3.05, 3.63) is 42.5 Å². The molecule has 4 amide bonds. The largest absolute Gasteiger partial charge is 0.439 e. The van der Waals surface area contributed by atoms with Crippen molar-refractivity contribution >= 4 is 57.7 Å². The van der Waals surface area contributed by atoms with Gasteiger partial charge in [0.1, 0.15) is 41.0 Å². The minimum Gasteiger partial charge on any atom is -0.439 e. The Bertz CT molecular complexity index is 2760. The quantitative estimate of drug-likeness (QED) is 0.161. The second-order valence-corrected chi connectivity index (χ2v) is 19.7. The number of hydrogen-bond acceptors (Lipinski definition) is 17. The molecule has 1 unspecified atom stereocenters. The van der Waals surface area contributed by atoms with Crippen molar-refractivity contribution in [1.29, 1.82) is 0 Å². The average molecular weight is 966 g/mol. The summed E-state index contributed by atoms with van der Waals surface area (Å²) in [6, 6.07) is 1.80. The first-order valence-corrected chi connectivity index (χ1v) is 24.0. The number of rotatable bonds is 11. The molecule has 4 N–H and O–H groups in total. The number of likely N-dealkylation sites (tertiary alicyclic amines) is 1. The van der Waals surface area contributed by atoms with Gasteiger partial charge in [0, 0.05) is 84.1 Å². The van der Waals surface area contributed by atoms with E-state index < -0.39 is 35.2 Å². The monoisotopic (exact) mass is 965 g/mol. The van der Waals surface area contributed by atoms with Gasteiger partial charge < -0.3 is 35.4 Å². The lowest BCUT2D eigenvalue weighted by Gasteiger charge is -2.39. The predicted octanol–water partition coefficient (Wildman–Crippen LogP) is 3.03. The molecule has 5 aromatic rings. The molecule has 24 heteroatoms. The molecule has 5 fully saturated rings. The Morgan fingerprint density at radius 3 is 2.19 bits per heavy atom. The first kappa shape index (κ1) is 46.6. The molecule has 22 nitrogen and oxygen atoms in total. The second-order valence-electron chi connectivity index (χ2n) is 19.7. The predicted molar refractivity (Wildman–Crippen MR) is 252 cm³/mol. The molecule has 370 valence electrons. The normalized spacial score (nSPS) is 19.8. The number of imide groups is 1. The number of fused-ring (bicyclic) bond motifs is 1. The first-order chi connectivity index (χ1) is 33.7. The number of nitrogens with zero attached hydrogens (tertiary/aromatic N) is 14. The third-order valence-corrected chi connectivity index (χ3v) is 13.8. The summed E-state index contributed by atoms with van der Waals surface area (Å²) < 4.78 is 39.7. The molecule has 0 spiro atoms. The number of piperazine rings is 2. The number of aromatic nitrogens is 9. The van der Waals surface area contributed by atoms with E-state index >= 15 is 8.78 Å². The molecular weight excluding hydrogens is 909 g/mol. The molecule has 4 aliphatic heterocycles. The molecule has 4 aromatic heterocycles. The Hall–Kier alpha value is -7.11. The number of ether oxygens (including phenoxy) is 1. The molecule has 1 aromatic carbocycles. The van der Waals surface area contributed by atoms with Crippen LogP contribution in [0, 0.1) is 17.6 Å². The second kappa shape index (κ2) is 19.0. The number of anilines is 4. The van der Waals surface area contributed by atoms with Crippen molar-refractivity contribution in [3.8, 4) is 22.9 Å². The number of hydrogen-bond donors (Lipinski definition) is 3. The summed E-state index contributed by atoms with van der Waals surface area (Å²) >= 11 is 0. The van der Waals surface area contributed by atoms with Gasteiger partial charge in [-0.15, -0.1) is 5.10 Å². The molecular formula is C46H57F2N17O5. The van der Waals surface area contributed by atoms with Gasteiger partial charge in [-0.3, -0.25) is 24.6 Å². The lowest BCUT2D eigenvalue weighted by atomic mass is 9.96. The van der Waals surface area contributed by atoms with Gasteiger partial charge in [-0.05, 0) is 70.9 Å². The van der Waals surface area contributed by atoms with Crippen molar-refractivity contribution in [2.24, 2.45) is 5.92 Å². The van der Waals surface area contributed by atoms with Crippen LogP contribution in [0.5, 0.6) is 0 Å². The summed E-state index contributed by atoms with van der Waals surface area (Å²) in [6.45, 7) is 11.7. The number of nitrogens with one attached hydrogen (secondary N) is 2. The van der Waals surface area contributed by atoms with Crippen molar-refractivity contribution in [2.45, 2.75) is 76.9 Å². The number of nitrogen functional groups attached to an aromatic ring is 1. The number of carbonyl (C=O) groups excluding carboxylic acids is 4. The fraction of sp³-hybridized carbons (Fsp3) is 0.543. The number of piperidine rings is 2. The molecule has 1 aliphatic carbocycles. The number of amides is 4. The van der Waals surface area contributed by atoms with Crippen LogP contribution < -0.4 is 26.2 Å². The summed E-state index contributed by atoms with van der Waals surface area (Å²) in [5, 5.41) is 19.7. The number of halogens is 2. The third kappa shape index (κ3) is 9.59. The van der Waals surface area contributed by atoms with Gasteiger partial charge >= 0.3 is 6.09 Å². The van der Waals surface area contributed by atoms with Crippen LogP contribution in [-0.4, -0.2) is 168 Å². The van der Waals surface area contributed by atoms with E-state index in [4.69, 9.17) is 25.5 Å². The summed E-state index contributed by atoms with van der Waals surface area (Å²) in [5.74, 6) is -1.47. The fourth-order valence-corrected chi connectivity index (χ4v) is 9.77. The number of nitrogens with two attached hydrogens (primary N) is 1. The van der Waals surface area contributed by atoms with Crippen LogP contribution in [-0.2, 0) is 24.7 Å². The van der Waals surface area contributed by atoms with Crippen LogP contribution in [0.3, 0.4) is 0 Å². The molecule has 1 atom stereocenters. The van der Waals surface area contributed by atoms with E-state index in [0.717, 1.165) is 37.9 Å². The smallest absolute Gasteiger partial charge is 0.410 e. The maximum atomic E-state index is 15.3. The van der Waals surface area contributed by atoms with E-state index in [1.54, 1.807) is 27.1 Å². The average Bonchev–Trinajstić information content (AvgIpc) is 3.96. The highest BCUT2D eigenvalue weighted by Gasteiger charge is 2.35. The molecule has 70 heavy (non-hydrogen) atoms. The Morgan fingerprint density at radius 1 is 0.843 bits per heavy atom. The highest BCUT2D eigenvalue weighted by Crippen LogP contribution is 2.42. The molecule has 4 saturated heterocycles. The zero-order valence-electron chi connectivity index (χ0n) is 39.5. The zero-order valence-corrected chi connectivity index (χ0v) is 39.5. The van der Waals surface area contributed by atoms with E-state index in [1.807, 2.05) is 30.1 Å². The maximum absolute atomic E-state index is 15.3. The lowest BCUT2D eigenvalue weighted by molar-refractivity contribution is -0.136. The lowest BCUT2D eigenvalue weighted by Crippen LogP contribution is -2.50. The summed E-state index contributed by atoms with van der Waals surface area (Å²) in [5.41, 5.74) is 9.08. The van der Waals surface area contributed by atoms with E-state index in [2.05, 4.69) is 40.7 Å². The van der Waals surface area contributed by atoms with Gasteiger partial charge in [-0.1, -0.05) is 5.21 Å². The van der Waals surface area contributed by atoms with Gasteiger partial charge in [-0.2, -0.15) is 5.10 Å². The van der Waals surface area contributed by atoms with Crippen LogP contribution in [0.25, 0.3) is 33.9 Å². The van der Waals surface area contributed by atoms with E-state index in [-0.39, 0.29) is 48.7 Å². The maximum Gasteiger partial charge on any atom is 0.410 e.